The molecule has 0 atom stereocenters. The first-order chi connectivity index (χ1) is 8.55. The normalized spacial score (nSPS) is 11.8. The third-order valence-corrected chi connectivity index (χ3v) is 2.30. The summed E-state index contributed by atoms with van der Waals surface area (Å²) in [6.45, 7) is 2.57. The van der Waals surface area contributed by atoms with Crippen LogP contribution in [-0.2, 0) is 6.18 Å². The van der Waals surface area contributed by atoms with Crippen molar-refractivity contribution in [3.63, 3.8) is 0 Å². The zero-order valence-electron chi connectivity index (χ0n) is 9.89. The van der Waals surface area contributed by atoms with Crippen LogP contribution in [0.3, 0.4) is 0 Å². The van der Waals surface area contributed by atoms with E-state index >= 15 is 0 Å². The standard InChI is InChI=1S/C11H10F5NO2/c1-5(2)17(10(18)19)8-4-6(12)3-7(9(8)13)11(14,15)16/h3-5H,1-2H3,(H,18,19)/p-1. The molecule has 0 radical (unpaired) electrons. The van der Waals surface area contributed by atoms with E-state index in [-0.39, 0.29) is 11.0 Å². The lowest BCUT2D eigenvalue weighted by Crippen LogP contribution is -2.46. The second-order valence-corrected chi connectivity index (χ2v) is 4.01. The van der Waals surface area contributed by atoms with Gasteiger partial charge in [0.1, 0.15) is 11.9 Å². The summed E-state index contributed by atoms with van der Waals surface area (Å²) in [5.74, 6) is -3.25. The van der Waals surface area contributed by atoms with Gasteiger partial charge in [-0.25, -0.2) is 8.78 Å². The van der Waals surface area contributed by atoms with Crippen LogP contribution in [0.25, 0.3) is 0 Å². The summed E-state index contributed by atoms with van der Waals surface area (Å²) in [5.41, 5.74) is -2.89. The van der Waals surface area contributed by atoms with Gasteiger partial charge < -0.3 is 14.8 Å². The molecule has 0 N–H and O–H groups in total. The summed E-state index contributed by atoms with van der Waals surface area (Å²) < 4.78 is 64.3. The first-order valence-electron chi connectivity index (χ1n) is 5.12. The molecule has 0 aliphatic carbocycles. The Morgan fingerprint density at radius 2 is 1.79 bits per heavy atom. The molecule has 1 amide bonds. The van der Waals surface area contributed by atoms with E-state index in [2.05, 4.69) is 0 Å². The van der Waals surface area contributed by atoms with Crippen LogP contribution in [0.5, 0.6) is 0 Å². The summed E-state index contributed by atoms with van der Waals surface area (Å²) >= 11 is 0. The summed E-state index contributed by atoms with van der Waals surface area (Å²) in [6, 6.07) is -0.574. The number of nitrogens with zero attached hydrogens (tertiary/aromatic N) is 1. The number of amides is 1. The van der Waals surface area contributed by atoms with E-state index in [9.17, 15) is 31.9 Å². The van der Waals surface area contributed by atoms with Crippen molar-refractivity contribution in [3.8, 4) is 0 Å². The molecule has 0 saturated carbocycles. The molecule has 0 heterocycles. The molecule has 0 bridgehead atoms. The third kappa shape index (κ3) is 3.12. The fraction of sp³-hybridized carbons (Fsp3) is 0.364. The van der Waals surface area contributed by atoms with Gasteiger partial charge in [-0.2, -0.15) is 13.2 Å². The molecule has 0 spiro atoms. The number of rotatable bonds is 2. The van der Waals surface area contributed by atoms with Crippen LogP contribution in [0.1, 0.15) is 19.4 Å². The van der Waals surface area contributed by atoms with E-state index in [0.29, 0.717) is 6.07 Å². The lowest BCUT2D eigenvalue weighted by atomic mass is 10.1. The smallest absolute Gasteiger partial charge is 0.419 e. The monoisotopic (exact) mass is 282 g/mol. The van der Waals surface area contributed by atoms with Crippen molar-refractivity contribution in [2.24, 2.45) is 0 Å². The second kappa shape index (κ2) is 5.02. The van der Waals surface area contributed by atoms with Crippen molar-refractivity contribution in [1.29, 1.82) is 0 Å². The Morgan fingerprint density at radius 1 is 1.26 bits per heavy atom. The van der Waals surface area contributed by atoms with Gasteiger partial charge >= 0.3 is 6.18 Å². The van der Waals surface area contributed by atoms with Crippen LogP contribution in [0, 0.1) is 11.6 Å². The summed E-state index contributed by atoms with van der Waals surface area (Å²) in [7, 11) is 0. The molecule has 0 fully saturated rings. The largest absolute Gasteiger partial charge is 0.530 e. The van der Waals surface area contributed by atoms with Gasteiger partial charge in [0.25, 0.3) is 0 Å². The number of hydrogen-bond donors (Lipinski definition) is 0. The van der Waals surface area contributed by atoms with Gasteiger partial charge in [0.2, 0.25) is 0 Å². The second-order valence-electron chi connectivity index (χ2n) is 4.01. The van der Waals surface area contributed by atoms with Crippen LogP contribution < -0.4 is 10.0 Å². The average molecular weight is 282 g/mol. The van der Waals surface area contributed by atoms with Crippen LogP contribution in [0.2, 0.25) is 0 Å². The molecule has 8 heteroatoms. The maximum atomic E-state index is 13.7. The molecule has 106 valence electrons. The lowest BCUT2D eigenvalue weighted by molar-refractivity contribution is -0.247. The number of benzene rings is 1. The molecule has 3 nitrogen and oxygen atoms in total. The average Bonchev–Trinajstić information content (AvgIpc) is 2.20. The number of anilines is 1. The quantitative estimate of drug-likeness (QED) is 0.782. The number of carbonyl (C=O) groups is 1. The molecule has 1 rings (SSSR count). The van der Waals surface area contributed by atoms with Gasteiger partial charge in [0.15, 0.2) is 5.82 Å². The Bertz CT molecular complexity index is 499. The van der Waals surface area contributed by atoms with Crippen LogP contribution in [0.4, 0.5) is 32.4 Å². The highest BCUT2D eigenvalue weighted by Gasteiger charge is 2.37. The Labute approximate surface area is 105 Å². The van der Waals surface area contributed by atoms with E-state index < -0.39 is 41.2 Å². The van der Waals surface area contributed by atoms with Gasteiger partial charge in [-0.15, -0.1) is 0 Å². The number of carbonyl (C=O) groups excluding carboxylic acids is 1. The number of alkyl halides is 3. The van der Waals surface area contributed by atoms with Crippen molar-refractivity contribution < 1.29 is 31.9 Å². The molecule has 1 aromatic rings. The molecule has 1 aromatic carbocycles. The van der Waals surface area contributed by atoms with Crippen molar-refractivity contribution >= 4 is 11.8 Å². The summed E-state index contributed by atoms with van der Waals surface area (Å²) in [5, 5.41) is 10.8. The topological polar surface area (TPSA) is 43.4 Å². The first kappa shape index (κ1) is 15.2. The SMILES string of the molecule is CC(C)N(C(=O)[O-])c1cc(F)cc(C(F)(F)F)c1F. The predicted octanol–water partition coefficient (Wildman–Crippen LogP) is 2.54. The maximum Gasteiger partial charge on any atom is 0.419 e. The molecule has 0 aromatic heterocycles. The van der Waals surface area contributed by atoms with E-state index in [4.69, 9.17) is 0 Å². The van der Waals surface area contributed by atoms with E-state index in [0.717, 1.165) is 0 Å². The lowest BCUT2D eigenvalue weighted by Gasteiger charge is -2.30. The van der Waals surface area contributed by atoms with Gasteiger partial charge in [0.05, 0.1) is 11.3 Å². The minimum Gasteiger partial charge on any atom is -0.530 e. The minimum absolute atomic E-state index is 0.0351. The molecule has 0 aliphatic rings. The number of halogens is 5. The van der Waals surface area contributed by atoms with Crippen molar-refractivity contribution in [1.82, 2.24) is 0 Å². The minimum atomic E-state index is -5.13. The Hall–Kier alpha value is -1.86. The van der Waals surface area contributed by atoms with Crippen molar-refractivity contribution in [2.75, 3.05) is 4.90 Å². The summed E-state index contributed by atoms with van der Waals surface area (Å²) in [4.78, 5) is 11.0. The Kier molecular flexibility index (Phi) is 4.02. The van der Waals surface area contributed by atoms with Crippen LogP contribution in [0.15, 0.2) is 12.1 Å². The molecule has 0 saturated heterocycles. The third-order valence-electron chi connectivity index (χ3n) is 2.30. The van der Waals surface area contributed by atoms with E-state index in [1.165, 1.54) is 13.8 Å². The molecular formula is C11H9F5NO2-. The maximum absolute atomic E-state index is 13.7. The van der Waals surface area contributed by atoms with Gasteiger partial charge in [-0.3, -0.25) is 0 Å². The molecule has 0 aliphatic heterocycles. The molecular weight excluding hydrogens is 273 g/mol. The fourth-order valence-corrected chi connectivity index (χ4v) is 1.54. The Balaban J connectivity index is 3.52. The first-order valence-corrected chi connectivity index (χ1v) is 5.12. The fourth-order valence-electron chi connectivity index (χ4n) is 1.54. The number of carboxylic acid groups (broad SMARTS) is 1. The van der Waals surface area contributed by atoms with Gasteiger partial charge in [-0.1, -0.05) is 0 Å². The van der Waals surface area contributed by atoms with E-state index in [1.54, 1.807) is 0 Å². The molecule has 19 heavy (non-hydrogen) atoms. The van der Waals surface area contributed by atoms with E-state index in [1.807, 2.05) is 0 Å². The Morgan fingerprint density at radius 3 is 2.16 bits per heavy atom. The van der Waals surface area contributed by atoms with Gasteiger partial charge in [0, 0.05) is 12.1 Å². The summed E-state index contributed by atoms with van der Waals surface area (Å²) in [6.07, 6.45) is -7.05. The molecule has 0 unspecified atom stereocenters. The van der Waals surface area contributed by atoms with Crippen molar-refractivity contribution in [2.45, 2.75) is 26.1 Å². The zero-order valence-corrected chi connectivity index (χ0v) is 9.89. The highest BCUT2D eigenvalue weighted by Crippen LogP contribution is 2.36. The van der Waals surface area contributed by atoms with Crippen LogP contribution in [-0.4, -0.2) is 12.1 Å². The highest BCUT2D eigenvalue weighted by molar-refractivity contribution is 5.85. The zero-order chi connectivity index (χ0) is 15.0. The van der Waals surface area contributed by atoms with Crippen LogP contribution >= 0.6 is 0 Å². The van der Waals surface area contributed by atoms with Gasteiger partial charge in [-0.05, 0) is 19.9 Å². The van der Waals surface area contributed by atoms with Crippen molar-refractivity contribution in [3.05, 3.63) is 29.3 Å². The predicted molar refractivity (Wildman–Crippen MR) is 54.4 cm³/mol. The highest BCUT2D eigenvalue weighted by atomic mass is 19.4. The number of hydrogen-bond acceptors (Lipinski definition) is 2.